The minimum absolute atomic E-state index is 0.0759. The maximum Gasteiger partial charge on any atom is 0.321 e. The van der Waals surface area contributed by atoms with Gasteiger partial charge < -0.3 is 20.3 Å². The Labute approximate surface area is 177 Å². The molecule has 5 heteroatoms. The summed E-state index contributed by atoms with van der Waals surface area (Å²) in [5.74, 6) is 1.52. The maximum absolute atomic E-state index is 12.5. The molecule has 2 N–H and O–H groups in total. The van der Waals surface area contributed by atoms with Crippen molar-refractivity contribution < 1.29 is 9.53 Å². The smallest absolute Gasteiger partial charge is 0.321 e. The summed E-state index contributed by atoms with van der Waals surface area (Å²) >= 11 is 0. The topological polar surface area (TPSA) is 53.6 Å². The fraction of sp³-hybridized carbons (Fsp3) is 0.240. The van der Waals surface area contributed by atoms with Crippen LogP contribution in [0.15, 0.2) is 78.9 Å². The Morgan fingerprint density at radius 1 is 0.967 bits per heavy atom. The van der Waals surface area contributed by atoms with Crippen LogP contribution in [0.4, 0.5) is 10.5 Å². The van der Waals surface area contributed by atoms with E-state index >= 15 is 0 Å². The number of rotatable bonds is 6. The third kappa shape index (κ3) is 4.99. The van der Waals surface area contributed by atoms with Crippen LogP contribution in [0, 0.1) is 6.92 Å². The van der Waals surface area contributed by atoms with E-state index in [1.54, 1.807) is 0 Å². The lowest BCUT2D eigenvalue weighted by Crippen LogP contribution is -2.61. The zero-order chi connectivity index (χ0) is 20.9. The number of likely N-dealkylation sites (tertiary alicyclic amines) is 1. The van der Waals surface area contributed by atoms with Crippen molar-refractivity contribution in [1.82, 2.24) is 10.2 Å². The predicted molar refractivity (Wildman–Crippen MR) is 120 cm³/mol. The minimum atomic E-state index is -0.0759. The molecule has 2 amide bonds. The number of anilines is 1. The number of carbonyl (C=O) groups is 1. The molecule has 0 saturated carbocycles. The Bertz CT molecular complexity index is 983. The Hall–Kier alpha value is -3.31. The zero-order valence-corrected chi connectivity index (χ0v) is 17.3. The first-order valence-corrected chi connectivity index (χ1v) is 10.3. The van der Waals surface area contributed by atoms with Crippen molar-refractivity contribution in [1.29, 1.82) is 0 Å². The van der Waals surface area contributed by atoms with Gasteiger partial charge in [0.2, 0.25) is 0 Å². The third-order valence-corrected chi connectivity index (χ3v) is 5.28. The third-order valence-electron chi connectivity index (χ3n) is 5.28. The fourth-order valence-electron chi connectivity index (χ4n) is 3.57. The summed E-state index contributed by atoms with van der Waals surface area (Å²) < 4.78 is 5.78. The van der Waals surface area contributed by atoms with Crippen LogP contribution in [0.25, 0.3) is 0 Å². The molecule has 3 aromatic carbocycles. The van der Waals surface area contributed by atoms with Crippen molar-refractivity contribution >= 4 is 11.7 Å². The van der Waals surface area contributed by atoms with Crippen molar-refractivity contribution in [2.45, 2.75) is 25.9 Å². The van der Waals surface area contributed by atoms with Gasteiger partial charge >= 0.3 is 6.03 Å². The number of amides is 2. The summed E-state index contributed by atoms with van der Waals surface area (Å²) in [6, 6.07) is 26.1. The molecule has 1 saturated heterocycles. The number of ether oxygens (including phenoxy) is 1. The van der Waals surface area contributed by atoms with Crippen LogP contribution in [0.2, 0.25) is 0 Å². The van der Waals surface area contributed by atoms with Gasteiger partial charge in [-0.1, -0.05) is 48.0 Å². The lowest BCUT2D eigenvalue weighted by molar-refractivity contribution is 0.143. The monoisotopic (exact) mass is 401 g/mol. The first-order chi connectivity index (χ1) is 14.6. The standard InChI is InChI=1S/C25H27N3O2/c1-18-7-6-8-20(15-18)19(2)26-22-16-28(17-22)25(29)27-21-11-13-24(14-12-21)30-23-9-4-3-5-10-23/h3-15,19,22,26H,16-17H2,1-2H3,(H,27,29). The van der Waals surface area contributed by atoms with E-state index in [-0.39, 0.29) is 12.1 Å². The fourth-order valence-corrected chi connectivity index (χ4v) is 3.57. The molecule has 0 bridgehead atoms. The molecule has 30 heavy (non-hydrogen) atoms. The van der Waals surface area contributed by atoms with E-state index < -0.39 is 0 Å². The first-order valence-electron chi connectivity index (χ1n) is 10.3. The van der Waals surface area contributed by atoms with E-state index in [1.807, 2.05) is 59.5 Å². The molecular formula is C25H27N3O2. The van der Waals surface area contributed by atoms with Crippen LogP contribution < -0.4 is 15.4 Å². The molecule has 1 aliphatic rings. The van der Waals surface area contributed by atoms with E-state index in [9.17, 15) is 4.79 Å². The molecule has 4 rings (SSSR count). The van der Waals surface area contributed by atoms with Gasteiger partial charge in [0.25, 0.3) is 0 Å². The highest BCUT2D eigenvalue weighted by molar-refractivity contribution is 5.90. The highest BCUT2D eigenvalue weighted by Crippen LogP contribution is 2.23. The number of benzene rings is 3. The van der Waals surface area contributed by atoms with Crippen molar-refractivity contribution in [2.75, 3.05) is 18.4 Å². The molecule has 1 heterocycles. The number of nitrogens with zero attached hydrogens (tertiary/aromatic N) is 1. The molecule has 154 valence electrons. The van der Waals surface area contributed by atoms with Gasteiger partial charge in [-0.15, -0.1) is 0 Å². The SMILES string of the molecule is Cc1cccc(C(C)NC2CN(C(=O)Nc3ccc(Oc4ccccc4)cc3)C2)c1. The van der Waals surface area contributed by atoms with E-state index in [4.69, 9.17) is 4.74 Å². The van der Waals surface area contributed by atoms with Crippen LogP contribution in [0.1, 0.15) is 24.1 Å². The Morgan fingerprint density at radius 3 is 2.37 bits per heavy atom. The van der Waals surface area contributed by atoms with Gasteiger partial charge in [-0.2, -0.15) is 0 Å². The Morgan fingerprint density at radius 2 is 1.67 bits per heavy atom. The summed E-state index contributed by atoms with van der Waals surface area (Å²) in [7, 11) is 0. The van der Waals surface area contributed by atoms with Gasteiger partial charge in [0, 0.05) is 30.9 Å². The van der Waals surface area contributed by atoms with Crippen molar-refractivity contribution in [3.63, 3.8) is 0 Å². The average Bonchev–Trinajstić information content (AvgIpc) is 2.72. The highest BCUT2D eigenvalue weighted by Gasteiger charge is 2.31. The van der Waals surface area contributed by atoms with Gasteiger partial charge in [0.1, 0.15) is 11.5 Å². The van der Waals surface area contributed by atoms with Crippen LogP contribution in [0.5, 0.6) is 11.5 Å². The van der Waals surface area contributed by atoms with E-state index in [1.165, 1.54) is 11.1 Å². The van der Waals surface area contributed by atoms with Crippen LogP contribution in [-0.2, 0) is 0 Å². The molecule has 0 aliphatic carbocycles. The number of urea groups is 1. The molecule has 5 nitrogen and oxygen atoms in total. The van der Waals surface area contributed by atoms with Crippen LogP contribution in [0.3, 0.4) is 0 Å². The van der Waals surface area contributed by atoms with Crippen molar-refractivity contribution in [2.24, 2.45) is 0 Å². The number of carbonyl (C=O) groups excluding carboxylic acids is 1. The summed E-state index contributed by atoms with van der Waals surface area (Å²) in [5.41, 5.74) is 3.29. The molecule has 1 atom stereocenters. The number of para-hydroxylation sites is 1. The van der Waals surface area contributed by atoms with Gasteiger partial charge in [-0.05, 0) is 55.8 Å². The molecule has 0 radical (unpaired) electrons. The van der Waals surface area contributed by atoms with Crippen molar-refractivity contribution in [3.8, 4) is 11.5 Å². The average molecular weight is 402 g/mol. The lowest BCUT2D eigenvalue weighted by Gasteiger charge is -2.41. The number of hydrogen-bond acceptors (Lipinski definition) is 3. The number of hydrogen-bond donors (Lipinski definition) is 2. The molecule has 1 aliphatic heterocycles. The first kappa shape index (κ1) is 20.0. The predicted octanol–water partition coefficient (Wildman–Crippen LogP) is 5.35. The summed E-state index contributed by atoms with van der Waals surface area (Å²) in [6.45, 7) is 5.68. The molecular weight excluding hydrogens is 374 g/mol. The highest BCUT2D eigenvalue weighted by atomic mass is 16.5. The maximum atomic E-state index is 12.5. The molecule has 3 aromatic rings. The molecule has 1 unspecified atom stereocenters. The van der Waals surface area contributed by atoms with Gasteiger partial charge in [0.05, 0.1) is 0 Å². The van der Waals surface area contributed by atoms with Crippen molar-refractivity contribution in [3.05, 3.63) is 90.0 Å². The normalized spacial score (nSPS) is 14.7. The van der Waals surface area contributed by atoms with Gasteiger partial charge in [-0.25, -0.2) is 4.79 Å². The molecule has 0 aromatic heterocycles. The van der Waals surface area contributed by atoms with Crippen LogP contribution >= 0.6 is 0 Å². The number of nitrogens with one attached hydrogen (secondary N) is 2. The van der Waals surface area contributed by atoms with E-state index in [0.29, 0.717) is 19.1 Å². The van der Waals surface area contributed by atoms with E-state index in [0.717, 1.165) is 17.2 Å². The Balaban J connectivity index is 1.23. The lowest BCUT2D eigenvalue weighted by atomic mass is 10.0. The van der Waals surface area contributed by atoms with Gasteiger partial charge in [0.15, 0.2) is 0 Å². The summed E-state index contributed by atoms with van der Waals surface area (Å²) in [4.78, 5) is 14.3. The van der Waals surface area contributed by atoms with E-state index in [2.05, 4.69) is 48.7 Å². The number of aryl methyl sites for hydroxylation is 1. The Kier molecular flexibility index (Phi) is 6.00. The minimum Gasteiger partial charge on any atom is -0.457 e. The largest absolute Gasteiger partial charge is 0.457 e. The summed E-state index contributed by atoms with van der Waals surface area (Å²) in [6.07, 6.45) is 0. The second-order valence-corrected chi connectivity index (χ2v) is 7.77. The summed E-state index contributed by atoms with van der Waals surface area (Å²) in [5, 5.41) is 6.55. The molecule has 1 fully saturated rings. The zero-order valence-electron chi connectivity index (χ0n) is 17.3. The molecule has 0 spiro atoms. The second-order valence-electron chi connectivity index (χ2n) is 7.77. The quantitative estimate of drug-likeness (QED) is 0.585. The second kappa shape index (κ2) is 9.01. The van der Waals surface area contributed by atoms with Gasteiger partial charge in [-0.3, -0.25) is 0 Å². The van der Waals surface area contributed by atoms with Crippen LogP contribution in [-0.4, -0.2) is 30.1 Å².